The van der Waals surface area contributed by atoms with E-state index in [-0.39, 0.29) is 12.1 Å². The molecule has 0 radical (unpaired) electrons. The summed E-state index contributed by atoms with van der Waals surface area (Å²) in [5, 5.41) is 14.5. The SMILES string of the molecule is N[C@@H](Cc1ccccc1)[C@H](O)CN[C@H]1CCOc2ccc(Cl)cc21. The number of ether oxygens (including phenoxy) is 1. The molecule has 1 heterocycles. The Morgan fingerprint density at radius 3 is 2.83 bits per heavy atom. The van der Waals surface area contributed by atoms with Crippen molar-refractivity contribution in [3.05, 3.63) is 64.7 Å². The lowest BCUT2D eigenvalue weighted by atomic mass is 9.99. The molecule has 2 aromatic carbocycles. The van der Waals surface area contributed by atoms with Gasteiger partial charge in [-0.15, -0.1) is 0 Å². The third-order valence-corrected chi connectivity index (χ3v) is 4.63. The normalized spacial score (nSPS) is 19.2. The number of nitrogens with two attached hydrogens (primary N) is 1. The standard InChI is InChI=1S/C19H23ClN2O2/c20-14-6-7-19-15(11-14)17(8-9-24-19)22-12-18(23)16(21)10-13-4-2-1-3-5-13/h1-7,11,16-18,22-23H,8-10,12,21H2/t16-,17-,18+/m0/s1. The van der Waals surface area contributed by atoms with E-state index in [1.54, 1.807) is 0 Å². The lowest BCUT2D eigenvalue weighted by Crippen LogP contribution is -2.44. The lowest BCUT2D eigenvalue weighted by molar-refractivity contribution is 0.133. The summed E-state index contributed by atoms with van der Waals surface area (Å²) in [6.45, 7) is 1.09. The second-order valence-corrected chi connectivity index (χ2v) is 6.64. The summed E-state index contributed by atoms with van der Waals surface area (Å²) < 4.78 is 5.66. The maximum atomic E-state index is 10.4. The summed E-state index contributed by atoms with van der Waals surface area (Å²) in [6, 6.07) is 15.4. The quantitative estimate of drug-likeness (QED) is 0.752. The number of rotatable bonds is 6. The van der Waals surface area contributed by atoms with Gasteiger partial charge in [0.1, 0.15) is 5.75 Å². The van der Waals surface area contributed by atoms with Gasteiger partial charge in [0, 0.05) is 35.6 Å². The Morgan fingerprint density at radius 1 is 1.25 bits per heavy atom. The van der Waals surface area contributed by atoms with E-state index in [9.17, 15) is 5.11 Å². The van der Waals surface area contributed by atoms with Gasteiger partial charge in [-0.05, 0) is 30.2 Å². The molecule has 0 spiro atoms. The maximum Gasteiger partial charge on any atom is 0.124 e. The molecule has 128 valence electrons. The van der Waals surface area contributed by atoms with Crippen LogP contribution >= 0.6 is 11.6 Å². The highest BCUT2D eigenvalue weighted by Gasteiger charge is 2.23. The van der Waals surface area contributed by atoms with Crippen LogP contribution in [-0.2, 0) is 6.42 Å². The Morgan fingerprint density at radius 2 is 2.04 bits per heavy atom. The Hall–Kier alpha value is -1.59. The van der Waals surface area contributed by atoms with Gasteiger partial charge in [0.2, 0.25) is 0 Å². The van der Waals surface area contributed by atoms with Crippen LogP contribution in [0.15, 0.2) is 48.5 Å². The van der Waals surface area contributed by atoms with E-state index in [0.717, 1.165) is 23.3 Å². The van der Waals surface area contributed by atoms with Crippen molar-refractivity contribution >= 4 is 11.6 Å². The van der Waals surface area contributed by atoms with Gasteiger partial charge >= 0.3 is 0 Å². The van der Waals surface area contributed by atoms with Crippen LogP contribution in [0.4, 0.5) is 0 Å². The van der Waals surface area contributed by atoms with E-state index in [1.165, 1.54) is 0 Å². The number of halogens is 1. The molecule has 3 atom stereocenters. The first-order valence-corrected chi connectivity index (χ1v) is 8.64. The average molecular weight is 347 g/mol. The number of hydrogen-bond donors (Lipinski definition) is 3. The van der Waals surface area contributed by atoms with Gasteiger partial charge in [-0.25, -0.2) is 0 Å². The first-order chi connectivity index (χ1) is 11.6. The van der Waals surface area contributed by atoms with Crippen LogP contribution in [0.1, 0.15) is 23.6 Å². The summed E-state index contributed by atoms with van der Waals surface area (Å²) >= 11 is 6.09. The highest BCUT2D eigenvalue weighted by Crippen LogP contribution is 2.33. The van der Waals surface area contributed by atoms with Crippen molar-refractivity contribution in [2.75, 3.05) is 13.2 Å². The van der Waals surface area contributed by atoms with Gasteiger partial charge in [-0.2, -0.15) is 0 Å². The second-order valence-electron chi connectivity index (χ2n) is 6.20. The smallest absolute Gasteiger partial charge is 0.124 e. The van der Waals surface area contributed by atoms with E-state index in [2.05, 4.69) is 5.32 Å². The van der Waals surface area contributed by atoms with Gasteiger partial charge in [-0.3, -0.25) is 0 Å². The van der Waals surface area contributed by atoms with Crippen LogP contribution in [0, 0.1) is 0 Å². The molecular weight excluding hydrogens is 324 g/mol. The van der Waals surface area contributed by atoms with E-state index in [1.807, 2.05) is 48.5 Å². The fraction of sp³-hybridized carbons (Fsp3) is 0.368. The largest absolute Gasteiger partial charge is 0.493 e. The summed E-state index contributed by atoms with van der Waals surface area (Å²) in [5.74, 6) is 0.853. The second kappa shape index (κ2) is 7.99. The number of aliphatic hydroxyl groups is 1. The monoisotopic (exact) mass is 346 g/mol. The lowest BCUT2D eigenvalue weighted by Gasteiger charge is -2.29. The molecule has 0 aromatic heterocycles. The van der Waals surface area contributed by atoms with Gasteiger partial charge in [0.25, 0.3) is 0 Å². The molecular formula is C19H23ClN2O2. The summed E-state index contributed by atoms with van der Waals surface area (Å²) in [6.07, 6.45) is 0.879. The van der Waals surface area contributed by atoms with Gasteiger partial charge in [-0.1, -0.05) is 41.9 Å². The number of fused-ring (bicyclic) bond motifs is 1. The highest BCUT2D eigenvalue weighted by atomic mass is 35.5. The fourth-order valence-electron chi connectivity index (χ4n) is 3.01. The summed E-state index contributed by atoms with van der Waals surface area (Å²) in [4.78, 5) is 0. The zero-order valence-electron chi connectivity index (χ0n) is 13.5. The first kappa shape index (κ1) is 17.2. The van der Waals surface area contributed by atoms with Crippen molar-refractivity contribution in [1.29, 1.82) is 0 Å². The molecule has 0 saturated carbocycles. The molecule has 0 bridgehead atoms. The van der Waals surface area contributed by atoms with Crippen molar-refractivity contribution in [2.24, 2.45) is 5.73 Å². The van der Waals surface area contributed by atoms with E-state index < -0.39 is 6.10 Å². The number of aliphatic hydroxyl groups excluding tert-OH is 1. The molecule has 2 aromatic rings. The Labute approximate surface area is 147 Å². The van der Waals surface area contributed by atoms with E-state index in [0.29, 0.717) is 24.6 Å². The van der Waals surface area contributed by atoms with Crippen molar-refractivity contribution in [2.45, 2.75) is 31.0 Å². The molecule has 4 nitrogen and oxygen atoms in total. The predicted molar refractivity (Wildman–Crippen MR) is 96.4 cm³/mol. The third kappa shape index (κ3) is 4.28. The zero-order valence-corrected chi connectivity index (χ0v) is 14.2. The van der Waals surface area contributed by atoms with Crippen molar-refractivity contribution < 1.29 is 9.84 Å². The molecule has 5 heteroatoms. The maximum absolute atomic E-state index is 10.4. The van der Waals surface area contributed by atoms with Crippen LogP contribution in [0.25, 0.3) is 0 Å². The Kier molecular flexibility index (Phi) is 5.74. The molecule has 1 aliphatic heterocycles. The van der Waals surface area contributed by atoms with Crippen molar-refractivity contribution in [3.63, 3.8) is 0 Å². The number of hydrogen-bond acceptors (Lipinski definition) is 4. The van der Waals surface area contributed by atoms with Crippen molar-refractivity contribution in [3.8, 4) is 5.75 Å². The summed E-state index contributed by atoms with van der Waals surface area (Å²) in [7, 11) is 0. The van der Waals surface area contributed by atoms with Crippen molar-refractivity contribution in [1.82, 2.24) is 5.32 Å². The minimum atomic E-state index is -0.615. The van der Waals surface area contributed by atoms with Crippen LogP contribution in [0.3, 0.4) is 0 Å². The molecule has 0 unspecified atom stereocenters. The van der Waals surface area contributed by atoms with Crippen LogP contribution < -0.4 is 15.8 Å². The Balaban J connectivity index is 1.57. The fourth-order valence-corrected chi connectivity index (χ4v) is 3.19. The molecule has 0 fully saturated rings. The van der Waals surface area contributed by atoms with E-state index >= 15 is 0 Å². The average Bonchev–Trinajstić information content (AvgIpc) is 2.60. The minimum absolute atomic E-state index is 0.117. The van der Waals surface area contributed by atoms with Crippen LogP contribution in [0.2, 0.25) is 5.02 Å². The number of benzene rings is 2. The molecule has 24 heavy (non-hydrogen) atoms. The first-order valence-electron chi connectivity index (χ1n) is 8.26. The molecule has 0 aliphatic carbocycles. The molecule has 1 aliphatic rings. The molecule has 3 rings (SSSR count). The molecule has 4 N–H and O–H groups in total. The van der Waals surface area contributed by atoms with Gasteiger partial charge in [0.15, 0.2) is 0 Å². The highest BCUT2D eigenvalue weighted by molar-refractivity contribution is 6.30. The van der Waals surface area contributed by atoms with Gasteiger partial charge < -0.3 is 20.9 Å². The molecule has 0 amide bonds. The predicted octanol–water partition coefficient (Wildman–Crippen LogP) is 2.68. The van der Waals surface area contributed by atoms with Crippen LogP contribution in [0.5, 0.6) is 5.75 Å². The topological polar surface area (TPSA) is 67.5 Å². The summed E-state index contributed by atoms with van der Waals surface area (Å²) in [5.41, 5.74) is 8.32. The minimum Gasteiger partial charge on any atom is -0.493 e. The Bertz CT molecular complexity index is 666. The third-order valence-electron chi connectivity index (χ3n) is 4.39. The van der Waals surface area contributed by atoms with Gasteiger partial charge in [0.05, 0.1) is 12.7 Å². The molecule has 0 saturated heterocycles. The van der Waals surface area contributed by atoms with Crippen LogP contribution in [-0.4, -0.2) is 30.4 Å². The zero-order chi connectivity index (χ0) is 16.9. The number of nitrogens with one attached hydrogen (secondary N) is 1. The van der Waals surface area contributed by atoms with E-state index in [4.69, 9.17) is 22.1 Å².